The van der Waals surface area contributed by atoms with Crippen molar-refractivity contribution in [3.05, 3.63) is 70.9 Å². The second kappa shape index (κ2) is 6.71. The van der Waals surface area contributed by atoms with Crippen molar-refractivity contribution in [2.45, 2.75) is 6.54 Å². The topological polar surface area (TPSA) is 34.4 Å². The van der Waals surface area contributed by atoms with Crippen molar-refractivity contribution >= 4 is 21.6 Å². The van der Waals surface area contributed by atoms with E-state index >= 15 is 0 Å². The molecule has 0 fully saturated rings. The minimum atomic E-state index is 0.642. The Labute approximate surface area is 138 Å². The molecule has 0 radical (unpaired) electrons. The summed E-state index contributed by atoms with van der Waals surface area (Å²) < 4.78 is 12.1. The van der Waals surface area contributed by atoms with E-state index < -0.39 is 0 Å². The molecule has 1 N–H and O–H groups in total. The van der Waals surface area contributed by atoms with Gasteiger partial charge in [-0.1, -0.05) is 28.1 Å². The van der Waals surface area contributed by atoms with Crippen LogP contribution in [0.1, 0.15) is 5.76 Å². The first kappa shape index (κ1) is 14.7. The maximum Gasteiger partial charge on any atom is 0.134 e. The molecule has 112 valence electrons. The highest BCUT2D eigenvalue weighted by molar-refractivity contribution is 9.10. The summed E-state index contributed by atoms with van der Waals surface area (Å²) >= 11 is 3.43. The third-order valence-electron chi connectivity index (χ3n) is 3.35. The van der Waals surface area contributed by atoms with Gasteiger partial charge in [0.15, 0.2) is 0 Å². The van der Waals surface area contributed by atoms with Gasteiger partial charge >= 0.3 is 0 Å². The number of hydrogen-bond acceptors (Lipinski definition) is 3. The zero-order valence-corrected chi connectivity index (χ0v) is 13.8. The Kier molecular flexibility index (Phi) is 4.49. The summed E-state index contributed by atoms with van der Waals surface area (Å²) in [5, 5.41) is 3.33. The van der Waals surface area contributed by atoms with Crippen LogP contribution in [0.4, 0.5) is 5.69 Å². The maximum atomic E-state index is 5.87. The van der Waals surface area contributed by atoms with Crippen LogP contribution in [0.15, 0.2) is 69.6 Å². The summed E-state index contributed by atoms with van der Waals surface area (Å²) in [4.78, 5) is 0. The molecule has 1 heterocycles. The number of rotatable bonds is 5. The summed E-state index contributed by atoms with van der Waals surface area (Å²) in [6.45, 7) is 0.642. The van der Waals surface area contributed by atoms with E-state index in [2.05, 4.69) is 21.2 Å². The second-order valence-corrected chi connectivity index (χ2v) is 5.77. The normalized spacial score (nSPS) is 10.5. The molecule has 3 nitrogen and oxygen atoms in total. The zero-order valence-electron chi connectivity index (χ0n) is 12.2. The fourth-order valence-corrected chi connectivity index (χ4v) is 2.40. The highest BCUT2D eigenvalue weighted by Gasteiger charge is 2.05. The molecule has 3 aromatic rings. The van der Waals surface area contributed by atoms with Gasteiger partial charge in [0.2, 0.25) is 0 Å². The summed E-state index contributed by atoms with van der Waals surface area (Å²) in [6, 6.07) is 19.9. The number of nitrogens with one attached hydrogen (secondary N) is 1. The van der Waals surface area contributed by atoms with Crippen LogP contribution in [0.2, 0.25) is 0 Å². The average Bonchev–Trinajstić information content (AvgIpc) is 3.03. The summed E-state index contributed by atoms with van der Waals surface area (Å²) in [6.07, 6.45) is 0. The first-order chi connectivity index (χ1) is 10.7. The highest BCUT2D eigenvalue weighted by Crippen LogP contribution is 2.24. The molecule has 0 aliphatic heterocycles. The van der Waals surface area contributed by atoms with E-state index in [0.29, 0.717) is 6.54 Å². The van der Waals surface area contributed by atoms with Crippen molar-refractivity contribution in [2.24, 2.45) is 0 Å². The number of benzene rings is 2. The average molecular weight is 358 g/mol. The molecule has 0 unspecified atom stereocenters. The van der Waals surface area contributed by atoms with Crippen molar-refractivity contribution in [2.75, 3.05) is 12.4 Å². The Morgan fingerprint density at radius 2 is 1.68 bits per heavy atom. The van der Waals surface area contributed by atoms with Crippen LogP contribution in [0.3, 0.4) is 0 Å². The number of methoxy groups -OCH3 is 1. The molecule has 22 heavy (non-hydrogen) atoms. The van der Waals surface area contributed by atoms with E-state index in [0.717, 1.165) is 33.0 Å². The molecule has 0 amide bonds. The summed E-state index contributed by atoms with van der Waals surface area (Å²) in [5.74, 6) is 2.62. The third kappa shape index (κ3) is 3.52. The van der Waals surface area contributed by atoms with E-state index in [4.69, 9.17) is 9.15 Å². The van der Waals surface area contributed by atoms with E-state index in [1.165, 1.54) is 0 Å². The van der Waals surface area contributed by atoms with Gasteiger partial charge in [-0.3, -0.25) is 0 Å². The van der Waals surface area contributed by atoms with Crippen LogP contribution in [-0.4, -0.2) is 7.11 Å². The molecule has 1 aromatic heterocycles. The van der Waals surface area contributed by atoms with E-state index in [9.17, 15) is 0 Å². The minimum absolute atomic E-state index is 0.642. The Morgan fingerprint density at radius 3 is 2.36 bits per heavy atom. The van der Waals surface area contributed by atoms with E-state index in [1.54, 1.807) is 7.11 Å². The molecular formula is C18H16BrNO2. The fraction of sp³-hybridized carbons (Fsp3) is 0.111. The van der Waals surface area contributed by atoms with Crippen LogP contribution in [0.25, 0.3) is 11.3 Å². The standard InChI is InChI=1S/C18H16BrNO2/c1-21-16-8-6-15(7-9-16)20-12-17-10-11-18(22-17)13-2-4-14(19)5-3-13/h2-11,20H,12H2,1H3. The van der Waals surface area contributed by atoms with Crippen LogP contribution in [-0.2, 0) is 6.54 Å². The highest BCUT2D eigenvalue weighted by atomic mass is 79.9. The lowest BCUT2D eigenvalue weighted by Crippen LogP contribution is -1.97. The van der Waals surface area contributed by atoms with Crippen LogP contribution in [0.5, 0.6) is 5.75 Å². The molecule has 3 rings (SSSR count). The number of halogens is 1. The van der Waals surface area contributed by atoms with Crippen LogP contribution in [0, 0.1) is 0 Å². The van der Waals surface area contributed by atoms with Crippen molar-refractivity contribution in [3.63, 3.8) is 0 Å². The van der Waals surface area contributed by atoms with Gasteiger partial charge in [-0.15, -0.1) is 0 Å². The zero-order chi connectivity index (χ0) is 15.4. The van der Waals surface area contributed by atoms with Gasteiger partial charge in [-0.05, 0) is 48.5 Å². The lowest BCUT2D eigenvalue weighted by Gasteiger charge is -2.05. The first-order valence-corrected chi connectivity index (χ1v) is 7.76. The van der Waals surface area contributed by atoms with Gasteiger partial charge in [0.25, 0.3) is 0 Å². The summed E-state index contributed by atoms with van der Waals surface area (Å²) in [5.41, 5.74) is 2.10. The van der Waals surface area contributed by atoms with Crippen molar-refractivity contribution in [1.82, 2.24) is 0 Å². The predicted octanol–water partition coefficient (Wildman–Crippen LogP) is 5.33. The largest absolute Gasteiger partial charge is 0.497 e. The van der Waals surface area contributed by atoms with Crippen molar-refractivity contribution < 1.29 is 9.15 Å². The number of anilines is 1. The maximum absolute atomic E-state index is 5.87. The number of furan rings is 1. The molecule has 4 heteroatoms. The first-order valence-electron chi connectivity index (χ1n) is 6.97. The molecule has 0 bridgehead atoms. The number of ether oxygens (including phenoxy) is 1. The van der Waals surface area contributed by atoms with Crippen LogP contribution >= 0.6 is 15.9 Å². The van der Waals surface area contributed by atoms with E-state index in [-0.39, 0.29) is 0 Å². The molecular weight excluding hydrogens is 342 g/mol. The predicted molar refractivity (Wildman–Crippen MR) is 92.2 cm³/mol. The van der Waals surface area contributed by atoms with Gasteiger partial charge < -0.3 is 14.5 Å². The smallest absolute Gasteiger partial charge is 0.134 e. The fourth-order valence-electron chi connectivity index (χ4n) is 2.14. The molecule has 0 saturated heterocycles. The molecule has 0 aliphatic rings. The molecule has 0 saturated carbocycles. The molecule has 0 atom stereocenters. The van der Waals surface area contributed by atoms with Gasteiger partial charge in [-0.25, -0.2) is 0 Å². The van der Waals surface area contributed by atoms with Gasteiger partial charge in [0.1, 0.15) is 17.3 Å². The van der Waals surface area contributed by atoms with Crippen molar-refractivity contribution in [1.29, 1.82) is 0 Å². The number of hydrogen-bond donors (Lipinski definition) is 1. The Balaban J connectivity index is 1.65. The second-order valence-electron chi connectivity index (χ2n) is 4.85. The quantitative estimate of drug-likeness (QED) is 0.669. The Hall–Kier alpha value is -2.20. The van der Waals surface area contributed by atoms with Gasteiger partial charge in [0.05, 0.1) is 13.7 Å². The Bertz CT molecular complexity index is 733. The monoisotopic (exact) mass is 357 g/mol. The SMILES string of the molecule is COc1ccc(NCc2ccc(-c3ccc(Br)cc3)o2)cc1. The summed E-state index contributed by atoms with van der Waals surface area (Å²) in [7, 11) is 1.66. The van der Waals surface area contributed by atoms with Crippen molar-refractivity contribution in [3.8, 4) is 17.1 Å². The minimum Gasteiger partial charge on any atom is -0.497 e. The van der Waals surface area contributed by atoms with Gasteiger partial charge in [-0.2, -0.15) is 0 Å². The van der Waals surface area contributed by atoms with Gasteiger partial charge in [0, 0.05) is 15.7 Å². The Morgan fingerprint density at radius 1 is 0.955 bits per heavy atom. The third-order valence-corrected chi connectivity index (χ3v) is 3.88. The van der Waals surface area contributed by atoms with Crippen LogP contribution < -0.4 is 10.1 Å². The lowest BCUT2D eigenvalue weighted by atomic mass is 10.2. The molecule has 0 spiro atoms. The van der Waals surface area contributed by atoms with E-state index in [1.807, 2.05) is 60.7 Å². The molecule has 2 aromatic carbocycles. The molecule has 0 aliphatic carbocycles. The lowest BCUT2D eigenvalue weighted by molar-refractivity contribution is 0.415.